The Balaban J connectivity index is 1.61. The van der Waals surface area contributed by atoms with Crippen LogP contribution in [0, 0.1) is 0 Å². The van der Waals surface area contributed by atoms with Gasteiger partial charge in [0.15, 0.2) is 0 Å². The Hall–Kier alpha value is -3.01. The van der Waals surface area contributed by atoms with Crippen LogP contribution in [0.3, 0.4) is 0 Å². The van der Waals surface area contributed by atoms with E-state index < -0.39 is 5.54 Å². The Bertz CT molecular complexity index is 1310. The summed E-state index contributed by atoms with van der Waals surface area (Å²) in [6.45, 7) is 0. The van der Waals surface area contributed by atoms with Gasteiger partial charge in [0.1, 0.15) is 0 Å². The van der Waals surface area contributed by atoms with Gasteiger partial charge >= 0.3 is 0 Å². The zero-order valence-electron chi connectivity index (χ0n) is 17.9. The van der Waals surface area contributed by atoms with Gasteiger partial charge in [-0.25, -0.2) is 0 Å². The largest absolute Gasteiger partial charge is 0.299 e. The van der Waals surface area contributed by atoms with E-state index in [4.69, 9.17) is 11.6 Å². The summed E-state index contributed by atoms with van der Waals surface area (Å²) in [6.07, 6.45) is 0.809. The number of carbonyl (C=O) groups excluding carboxylic acids is 1. The molecule has 162 valence electrons. The third-order valence-corrected chi connectivity index (χ3v) is 8.44. The predicted molar refractivity (Wildman–Crippen MR) is 136 cm³/mol. The number of carbonyl (C=O) groups is 1. The van der Waals surface area contributed by atoms with Crippen molar-refractivity contribution in [2.45, 2.75) is 28.0 Å². The molecule has 4 aromatic carbocycles. The maximum Gasteiger partial charge on any atom is 0.238 e. The Morgan fingerprint density at radius 2 is 1.36 bits per heavy atom. The second-order valence-corrected chi connectivity index (χ2v) is 10.3. The molecule has 1 saturated heterocycles. The van der Waals surface area contributed by atoms with E-state index in [0.717, 1.165) is 28.1 Å². The lowest BCUT2D eigenvalue weighted by atomic mass is 9.63. The molecule has 0 spiro atoms. The molecule has 2 nitrogen and oxygen atoms in total. The van der Waals surface area contributed by atoms with E-state index >= 15 is 0 Å². The average Bonchev–Trinajstić information content (AvgIpc) is 2.98. The first-order valence-electron chi connectivity index (χ1n) is 11.1. The molecule has 4 aromatic rings. The van der Waals surface area contributed by atoms with Crippen LogP contribution >= 0.6 is 23.4 Å². The molecular weight excluding hydrogens is 446 g/mol. The van der Waals surface area contributed by atoms with Crippen LogP contribution in [0.4, 0.5) is 5.69 Å². The van der Waals surface area contributed by atoms with Crippen LogP contribution in [-0.2, 0) is 10.3 Å². The molecule has 0 radical (unpaired) electrons. The summed E-state index contributed by atoms with van der Waals surface area (Å²) in [7, 11) is 0. The highest BCUT2D eigenvalue weighted by Crippen LogP contribution is 2.63. The van der Waals surface area contributed by atoms with E-state index in [9.17, 15) is 4.79 Å². The Morgan fingerprint density at radius 1 is 0.758 bits per heavy atom. The van der Waals surface area contributed by atoms with Gasteiger partial charge in [-0.05, 0) is 47.4 Å². The van der Waals surface area contributed by atoms with Gasteiger partial charge in [-0.3, -0.25) is 9.69 Å². The minimum absolute atomic E-state index is 0.151. The summed E-state index contributed by atoms with van der Waals surface area (Å²) in [5.41, 5.74) is 3.96. The number of rotatable bonds is 3. The van der Waals surface area contributed by atoms with Crippen molar-refractivity contribution >= 4 is 35.0 Å². The highest BCUT2D eigenvalue weighted by atomic mass is 35.5. The average molecular weight is 468 g/mol. The Labute approximate surface area is 203 Å². The zero-order chi connectivity index (χ0) is 22.4. The van der Waals surface area contributed by atoms with Crippen LogP contribution in [0.5, 0.6) is 0 Å². The van der Waals surface area contributed by atoms with Crippen LogP contribution in [0.25, 0.3) is 0 Å². The SMILES string of the molecule is O=C1C(c2ccccc2)C2(c3ccc(Cl)cc3)CC(c3ccccc3)Sc3ccccc3N12. The molecule has 2 heterocycles. The summed E-state index contributed by atoms with van der Waals surface area (Å²) >= 11 is 8.14. The molecule has 4 heteroatoms. The van der Waals surface area contributed by atoms with Crippen LogP contribution in [-0.4, -0.2) is 5.91 Å². The number of para-hydroxylation sites is 1. The van der Waals surface area contributed by atoms with E-state index in [-0.39, 0.29) is 17.1 Å². The fourth-order valence-electron chi connectivity index (χ4n) is 5.42. The van der Waals surface area contributed by atoms with Crippen molar-refractivity contribution in [1.29, 1.82) is 0 Å². The van der Waals surface area contributed by atoms with Crippen LogP contribution in [0.1, 0.15) is 34.3 Å². The van der Waals surface area contributed by atoms with Gasteiger partial charge in [-0.1, -0.05) is 96.5 Å². The lowest BCUT2D eigenvalue weighted by Crippen LogP contribution is -2.67. The number of amides is 1. The molecule has 0 bridgehead atoms. The molecule has 3 unspecified atom stereocenters. The molecule has 33 heavy (non-hydrogen) atoms. The van der Waals surface area contributed by atoms with Crippen molar-refractivity contribution in [2.24, 2.45) is 0 Å². The highest BCUT2D eigenvalue weighted by Gasteiger charge is 2.63. The number of thioether (sulfide) groups is 1. The molecule has 1 amide bonds. The molecule has 2 aliphatic heterocycles. The predicted octanol–water partition coefficient (Wildman–Crippen LogP) is 7.60. The molecule has 1 fully saturated rings. The van der Waals surface area contributed by atoms with Gasteiger partial charge in [0, 0.05) is 15.2 Å². The van der Waals surface area contributed by atoms with Gasteiger partial charge in [0.25, 0.3) is 0 Å². The van der Waals surface area contributed by atoms with Gasteiger partial charge in [-0.2, -0.15) is 0 Å². The summed E-state index contributed by atoms with van der Waals surface area (Å²) < 4.78 is 0. The monoisotopic (exact) mass is 467 g/mol. The maximum atomic E-state index is 13.9. The molecule has 2 aliphatic rings. The fourth-order valence-corrected chi connectivity index (χ4v) is 6.92. The normalized spacial score (nSPS) is 23.8. The van der Waals surface area contributed by atoms with E-state index in [2.05, 4.69) is 77.7 Å². The minimum atomic E-state index is -0.497. The number of nitrogens with zero attached hydrogens (tertiary/aromatic N) is 1. The van der Waals surface area contributed by atoms with Crippen molar-refractivity contribution in [1.82, 2.24) is 0 Å². The molecule has 6 rings (SSSR count). The molecular formula is C29H22ClNOS. The second kappa shape index (κ2) is 8.09. The molecule has 0 aliphatic carbocycles. The van der Waals surface area contributed by atoms with Gasteiger partial charge in [0.05, 0.1) is 17.1 Å². The van der Waals surface area contributed by atoms with E-state index in [1.165, 1.54) is 5.56 Å². The second-order valence-electron chi connectivity index (χ2n) is 8.64. The summed E-state index contributed by atoms with van der Waals surface area (Å²) in [5, 5.41) is 0.902. The van der Waals surface area contributed by atoms with E-state index in [1.807, 2.05) is 48.2 Å². The zero-order valence-corrected chi connectivity index (χ0v) is 19.5. The topological polar surface area (TPSA) is 20.3 Å². The molecule has 0 saturated carbocycles. The van der Waals surface area contributed by atoms with Crippen molar-refractivity contribution in [3.8, 4) is 0 Å². The number of fused-ring (bicyclic) bond motifs is 3. The summed E-state index contributed by atoms with van der Waals surface area (Å²) in [6, 6.07) is 37.2. The van der Waals surface area contributed by atoms with Gasteiger partial charge in [0.2, 0.25) is 5.91 Å². The first-order chi connectivity index (χ1) is 16.2. The van der Waals surface area contributed by atoms with Crippen LogP contribution in [0.2, 0.25) is 5.02 Å². The molecule has 0 N–H and O–H groups in total. The third-order valence-electron chi connectivity index (χ3n) is 6.86. The quantitative estimate of drug-likeness (QED) is 0.289. The number of halogens is 1. The maximum absolute atomic E-state index is 13.9. The third kappa shape index (κ3) is 3.22. The van der Waals surface area contributed by atoms with Crippen molar-refractivity contribution in [3.05, 3.63) is 131 Å². The number of β-lactam (4-membered cyclic amide) rings is 1. The number of hydrogen-bond acceptors (Lipinski definition) is 2. The summed E-state index contributed by atoms with van der Waals surface area (Å²) in [5.74, 6) is -0.101. The highest BCUT2D eigenvalue weighted by molar-refractivity contribution is 7.99. The van der Waals surface area contributed by atoms with E-state index in [1.54, 1.807) is 0 Å². The van der Waals surface area contributed by atoms with Crippen LogP contribution < -0.4 is 4.90 Å². The number of anilines is 1. The smallest absolute Gasteiger partial charge is 0.238 e. The molecule has 3 atom stereocenters. The van der Waals surface area contributed by atoms with Crippen molar-refractivity contribution in [3.63, 3.8) is 0 Å². The lowest BCUT2D eigenvalue weighted by Gasteiger charge is -2.58. The Kier molecular flexibility index (Phi) is 5.05. The summed E-state index contributed by atoms with van der Waals surface area (Å²) in [4.78, 5) is 17.1. The molecule has 0 aromatic heterocycles. The van der Waals surface area contributed by atoms with Crippen LogP contribution in [0.15, 0.2) is 114 Å². The first kappa shape index (κ1) is 20.6. The van der Waals surface area contributed by atoms with Crippen molar-refractivity contribution < 1.29 is 4.79 Å². The Morgan fingerprint density at radius 3 is 2.06 bits per heavy atom. The first-order valence-corrected chi connectivity index (χ1v) is 12.4. The van der Waals surface area contributed by atoms with Gasteiger partial charge in [-0.15, -0.1) is 11.8 Å². The minimum Gasteiger partial charge on any atom is -0.299 e. The standard InChI is InChI=1S/C29H22ClNOS/c30-23-17-15-22(16-18-23)29-19-26(20-9-3-1-4-10-20)33-25-14-8-7-13-24(25)31(29)28(32)27(29)21-11-5-2-6-12-21/h1-18,26-27H,19H2. The fraction of sp³-hybridized carbons (Fsp3) is 0.138. The van der Waals surface area contributed by atoms with Crippen molar-refractivity contribution in [2.75, 3.05) is 4.90 Å². The number of hydrogen-bond donors (Lipinski definition) is 0. The van der Waals surface area contributed by atoms with Gasteiger partial charge < -0.3 is 0 Å². The van der Waals surface area contributed by atoms with E-state index in [0.29, 0.717) is 5.02 Å². The number of benzene rings is 4. The lowest BCUT2D eigenvalue weighted by molar-refractivity contribution is -0.131.